The van der Waals surface area contributed by atoms with Crippen LogP contribution in [0.4, 0.5) is 23.7 Å². The van der Waals surface area contributed by atoms with Crippen LogP contribution in [0.15, 0.2) is 46.8 Å². The highest BCUT2D eigenvalue weighted by molar-refractivity contribution is 7.92. The van der Waals surface area contributed by atoms with Gasteiger partial charge in [0.15, 0.2) is 0 Å². The summed E-state index contributed by atoms with van der Waals surface area (Å²) in [6, 6.07) is 9.78. The third-order valence-electron chi connectivity index (χ3n) is 7.75. The Morgan fingerprint density at radius 1 is 1.14 bits per heavy atom. The number of carbonyl (C=O) groups excluding carboxylic acids is 2. The van der Waals surface area contributed by atoms with Gasteiger partial charge in [-0.1, -0.05) is 24.3 Å². The lowest BCUT2D eigenvalue weighted by molar-refractivity contribution is -0.135. The van der Waals surface area contributed by atoms with E-state index in [0.717, 1.165) is 22.1 Å². The summed E-state index contributed by atoms with van der Waals surface area (Å²) in [4.78, 5) is 30.4. The van der Waals surface area contributed by atoms with E-state index >= 15 is 0 Å². The van der Waals surface area contributed by atoms with Crippen LogP contribution in [0.25, 0.3) is 6.08 Å². The summed E-state index contributed by atoms with van der Waals surface area (Å²) in [5, 5.41) is 3.94. The Hall–Kier alpha value is -3.71. The predicted molar refractivity (Wildman–Crippen MR) is 156 cm³/mol. The van der Waals surface area contributed by atoms with Gasteiger partial charge in [-0.2, -0.15) is 17.5 Å². The average molecular weight is 606 g/mol. The summed E-state index contributed by atoms with van der Waals surface area (Å²) in [6.07, 6.45) is -2.79. The lowest BCUT2D eigenvalue weighted by Crippen LogP contribution is -2.50. The molecule has 0 saturated carbocycles. The van der Waals surface area contributed by atoms with Crippen molar-refractivity contribution in [2.24, 2.45) is 10.7 Å². The SMILES string of the molecule is Cc1cc(N(C)C(N)=O)cc(C)c1/C=C/S(=O)(=O)N1CCC2(CC1)N=C(c1ccc(CCCC(F)(F)F)cc1)NC2=O. The van der Waals surface area contributed by atoms with Crippen LogP contribution in [-0.4, -0.2) is 62.3 Å². The molecule has 1 spiro atoms. The maximum Gasteiger partial charge on any atom is 0.389 e. The first-order valence-electron chi connectivity index (χ1n) is 13.5. The summed E-state index contributed by atoms with van der Waals surface area (Å²) in [5.74, 6) is 0.0704. The number of rotatable bonds is 8. The largest absolute Gasteiger partial charge is 0.389 e. The molecule has 1 fully saturated rings. The second kappa shape index (κ2) is 11.9. The molecule has 2 aliphatic rings. The van der Waals surface area contributed by atoms with Crippen molar-refractivity contribution in [3.63, 3.8) is 0 Å². The fraction of sp³-hybridized carbons (Fsp3) is 0.414. The number of amides is 3. The summed E-state index contributed by atoms with van der Waals surface area (Å²) in [7, 11) is -2.23. The molecule has 0 radical (unpaired) electrons. The molecule has 2 aromatic rings. The van der Waals surface area contributed by atoms with Gasteiger partial charge < -0.3 is 11.1 Å². The molecule has 0 atom stereocenters. The Bertz CT molecular complexity index is 1500. The number of nitrogens with zero attached hydrogens (tertiary/aromatic N) is 3. The first-order valence-corrected chi connectivity index (χ1v) is 15.0. The normalized spacial score (nSPS) is 17.5. The van der Waals surface area contributed by atoms with Gasteiger partial charge in [0, 0.05) is 43.2 Å². The van der Waals surface area contributed by atoms with Gasteiger partial charge >= 0.3 is 12.2 Å². The molecule has 226 valence electrons. The summed E-state index contributed by atoms with van der Waals surface area (Å²) < 4.78 is 64.9. The van der Waals surface area contributed by atoms with Gasteiger partial charge in [-0.15, -0.1) is 0 Å². The number of alkyl halides is 3. The number of halogens is 3. The number of sulfonamides is 1. The first kappa shape index (κ1) is 31.2. The number of urea groups is 1. The smallest absolute Gasteiger partial charge is 0.351 e. The molecule has 0 aromatic heterocycles. The number of piperidine rings is 1. The van der Waals surface area contributed by atoms with Gasteiger partial charge in [0.25, 0.3) is 5.91 Å². The molecular weight excluding hydrogens is 571 g/mol. The lowest BCUT2D eigenvalue weighted by Gasteiger charge is -2.34. The van der Waals surface area contributed by atoms with Gasteiger partial charge in [0.05, 0.1) is 0 Å². The molecule has 2 aromatic carbocycles. The second-order valence-electron chi connectivity index (χ2n) is 10.7. The molecule has 0 bridgehead atoms. The topological polar surface area (TPSA) is 125 Å². The quantitative estimate of drug-likeness (QED) is 0.462. The Labute approximate surface area is 243 Å². The number of nitrogens with one attached hydrogen (secondary N) is 1. The fourth-order valence-electron chi connectivity index (χ4n) is 5.20. The van der Waals surface area contributed by atoms with E-state index in [9.17, 15) is 31.2 Å². The average Bonchev–Trinajstić information content (AvgIpc) is 3.22. The first-order chi connectivity index (χ1) is 19.6. The predicted octanol–water partition coefficient (Wildman–Crippen LogP) is 4.42. The number of nitrogens with two attached hydrogens (primary N) is 1. The number of hydrogen-bond acceptors (Lipinski definition) is 5. The molecule has 2 aliphatic heterocycles. The number of aryl methyl sites for hydroxylation is 3. The van der Waals surface area contributed by atoms with Gasteiger partial charge in [-0.3, -0.25) is 14.7 Å². The monoisotopic (exact) mass is 605 g/mol. The van der Waals surface area contributed by atoms with Crippen molar-refractivity contribution in [2.45, 2.75) is 57.7 Å². The highest BCUT2D eigenvalue weighted by atomic mass is 32.2. The lowest BCUT2D eigenvalue weighted by atomic mass is 9.89. The van der Waals surface area contributed by atoms with Crippen molar-refractivity contribution in [2.75, 3.05) is 25.0 Å². The van der Waals surface area contributed by atoms with Gasteiger partial charge in [0.1, 0.15) is 11.4 Å². The molecule has 4 rings (SSSR count). The van der Waals surface area contributed by atoms with Crippen LogP contribution in [0.3, 0.4) is 0 Å². The van der Waals surface area contributed by atoms with Gasteiger partial charge in [-0.25, -0.2) is 13.2 Å². The third-order valence-corrected chi connectivity index (χ3v) is 9.31. The highest BCUT2D eigenvalue weighted by Gasteiger charge is 2.47. The third kappa shape index (κ3) is 7.01. The molecule has 1 saturated heterocycles. The summed E-state index contributed by atoms with van der Waals surface area (Å²) in [6.45, 7) is 3.85. The van der Waals surface area contributed by atoms with Crippen LogP contribution in [0, 0.1) is 13.8 Å². The Kier molecular flexibility index (Phi) is 8.84. The van der Waals surface area contributed by atoms with Crippen molar-refractivity contribution in [3.05, 3.63) is 69.6 Å². The Morgan fingerprint density at radius 3 is 2.29 bits per heavy atom. The van der Waals surface area contributed by atoms with E-state index in [1.807, 2.05) is 13.8 Å². The number of primary amides is 1. The number of aliphatic imine (C=N–C) groups is 1. The van der Waals surface area contributed by atoms with E-state index in [0.29, 0.717) is 29.1 Å². The molecule has 0 unspecified atom stereocenters. The molecule has 3 N–H and O–H groups in total. The summed E-state index contributed by atoms with van der Waals surface area (Å²) in [5.41, 5.74) is 8.54. The van der Waals surface area contributed by atoms with E-state index < -0.39 is 34.2 Å². The van der Waals surface area contributed by atoms with Crippen molar-refractivity contribution in [1.29, 1.82) is 0 Å². The number of hydrogen-bond donors (Lipinski definition) is 2. The van der Waals surface area contributed by atoms with Crippen molar-refractivity contribution in [3.8, 4) is 0 Å². The molecule has 42 heavy (non-hydrogen) atoms. The van der Waals surface area contributed by atoms with E-state index in [2.05, 4.69) is 10.3 Å². The number of anilines is 1. The second-order valence-corrected chi connectivity index (χ2v) is 12.6. The van der Waals surface area contributed by atoms with Crippen LogP contribution >= 0.6 is 0 Å². The van der Waals surface area contributed by atoms with Crippen LogP contribution in [-0.2, 0) is 21.2 Å². The zero-order valence-corrected chi connectivity index (χ0v) is 24.5. The maximum atomic E-state index is 13.1. The molecule has 0 aliphatic carbocycles. The zero-order valence-electron chi connectivity index (χ0n) is 23.7. The molecular formula is C29H34F3N5O4S. The standard InChI is InChI=1S/C29H34F3N5O4S/c1-19-17-23(36(3)27(33)39)18-20(2)24(19)10-16-42(40,41)37-14-12-28(13-15-37)26(38)34-25(35-28)22-8-6-21(7-9-22)5-4-11-29(30,31)32/h6-10,16-18H,4-5,11-15H2,1-3H3,(H2,33,39)(H,34,35,38)/b16-10+. The van der Waals surface area contributed by atoms with Crippen LogP contribution in [0.1, 0.15) is 53.5 Å². The fourth-order valence-corrected chi connectivity index (χ4v) is 6.37. The van der Waals surface area contributed by atoms with E-state index in [1.165, 1.54) is 15.3 Å². The minimum atomic E-state index is -4.18. The molecule has 13 heteroatoms. The maximum absolute atomic E-state index is 13.1. The zero-order chi connectivity index (χ0) is 30.9. The van der Waals surface area contributed by atoms with Crippen LogP contribution in [0.5, 0.6) is 0 Å². The number of carbonyl (C=O) groups is 2. The Morgan fingerprint density at radius 2 is 1.74 bits per heavy atom. The Balaban J connectivity index is 1.41. The van der Waals surface area contributed by atoms with E-state index in [4.69, 9.17) is 5.73 Å². The molecule has 2 heterocycles. The van der Waals surface area contributed by atoms with Crippen molar-refractivity contribution < 1.29 is 31.2 Å². The van der Waals surface area contributed by atoms with Crippen molar-refractivity contribution in [1.82, 2.24) is 9.62 Å². The minimum absolute atomic E-state index is 0.00170. The van der Waals surface area contributed by atoms with Gasteiger partial charge in [-0.05, 0) is 80.0 Å². The van der Waals surface area contributed by atoms with Crippen LogP contribution in [0.2, 0.25) is 0 Å². The van der Waals surface area contributed by atoms with E-state index in [-0.39, 0.29) is 38.3 Å². The highest BCUT2D eigenvalue weighted by Crippen LogP contribution is 2.33. The molecule has 3 amide bonds. The van der Waals surface area contributed by atoms with Gasteiger partial charge in [0.2, 0.25) is 10.0 Å². The number of benzene rings is 2. The van der Waals surface area contributed by atoms with Crippen molar-refractivity contribution >= 4 is 39.6 Å². The number of amidine groups is 1. The van der Waals surface area contributed by atoms with Crippen LogP contribution < -0.4 is 16.0 Å². The van der Waals surface area contributed by atoms with E-state index in [1.54, 1.807) is 43.4 Å². The minimum Gasteiger partial charge on any atom is -0.351 e. The summed E-state index contributed by atoms with van der Waals surface area (Å²) >= 11 is 0. The molecule has 9 nitrogen and oxygen atoms in total.